The lowest BCUT2D eigenvalue weighted by Crippen LogP contribution is -2.63. The monoisotopic (exact) mass is 344 g/mol. The van der Waals surface area contributed by atoms with Crippen LogP contribution in [-0.4, -0.2) is 23.9 Å². The highest BCUT2D eigenvalue weighted by molar-refractivity contribution is 6.15. The Morgan fingerprint density at radius 2 is 1.00 bits per heavy atom. The average molecular weight is 344 g/mol. The summed E-state index contributed by atoms with van der Waals surface area (Å²) in [6.07, 6.45) is 0. The zero-order valence-corrected chi connectivity index (χ0v) is 14.4. The Hall–Kier alpha value is -3.64. The third-order valence-corrected chi connectivity index (χ3v) is 4.51. The van der Waals surface area contributed by atoms with E-state index in [1.54, 1.807) is 62.4 Å². The van der Waals surface area contributed by atoms with Crippen LogP contribution in [0.25, 0.3) is 0 Å². The van der Waals surface area contributed by atoms with Gasteiger partial charge in [-0.2, -0.15) is 10.5 Å². The second kappa shape index (κ2) is 6.70. The number of piperazine rings is 1. The van der Waals surface area contributed by atoms with Gasteiger partial charge in [0.25, 0.3) is 11.8 Å². The smallest absolute Gasteiger partial charge is 0.250 e. The van der Waals surface area contributed by atoms with Crippen LogP contribution in [0.15, 0.2) is 48.5 Å². The Morgan fingerprint density at radius 1 is 0.692 bits per heavy atom. The van der Waals surface area contributed by atoms with Gasteiger partial charge in [-0.15, -0.1) is 0 Å². The molecular weight excluding hydrogens is 328 g/mol. The minimum Gasteiger partial charge on any atom is -0.298 e. The zero-order valence-electron chi connectivity index (χ0n) is 14.4. The Balaban J connectivity index is 1.95. The zero-order chi connectivity index (χ0) is 18.8. The molecule has 2 amide bonds. The molecule has 26 heavy (non-hydrogen) atoms. The van der Waals surface area contributed by atoms with Crippen molar-refractivity contribution in [2.45, 2.75) is 25.9 Å². The van der Waals surface area contributed by atoms with E-state index in [9.17, 15) is 9.59 Å². The summed E-state index contributed by atoms with van der Waals surface area (Å²) in [6, 6.07) is 15.9. The molecule has 1 heterocycles. The van der Waals surface area contributed by atoms with E-state index < -0.39 is 12.1 Å². The quantitative estimate of drug-likeness (QED) is 0.837. The van der Waals surface area contributed by atoms with Gasteiger partial charge in [-0.1, -0.05) is 0 Å². The predicted molar refractivity (Wildman–Crippen MR) is 96.2 cm³/mol. The van der Waals surface area contributed by atoms with Gasteiger partial charge in [0.1, 0.15) is 12.1 Å². The molecular formula is C20H16N4O2. The molecule has 6 heteroatoms. The first-order valence-corrected chi connectivity index (χ1v) is 8.14. The number of nitriles is 2. The average Bonchev–Trinajstić information content (AvgIpc) is 2.68. The number of carbonyl (C=O) groups is 2. The SMILES string of the molecule is C[C@@H]1C(=O)N(c2ccc(C#N)cc2)[C@H](C)C(=O)N1c1ccc(C#N)cc1. The fraction of sp³-hybridized carbons (Fsp3) is 0.200. The van der Waals surface area contributed by atoms with Gasteiger partial charge in [0.15, 0.2) is 0 Å². The molecule has 0 saturated carbocycles. The van der Waals surface area contributed by atoms with E-state index in [1.807, 2.05) is 12.1 Å². The van der Waals surface area contributed by atoms with Gasteiger partial charge in [-0.05, 0) is 62.4 Å². The maximum absolute atomic E-state index is 13.0. The predicted octanol–water partition coefficient (Wildman–Crippen LogP) is 2.59. The van der Waals surface area contributed by atoms with Crippen LogP contribution in [0.4, 0.5) is 11.4 Å². The van der Waals surface area contributed by atoms with Crippen molar-refractivity contribution in [1.82, 2.24) is 0 Å². The first kappa shape index (κ1) is 17.2. The van der Waals surface area contributed by atoms with Crippen molar-refractivity contribution >= 4 is 23.2 Å². The standard InChI is InChI=1S/C20H16N4O2/c1-13-19(25)24(18-9-5-16(12-22)6-10-18)14(2)20(26)23(13)17-7-3-15(11-21)4-8-17/h3-10,13-14H,1-2H3/t13-,14-/m1/s1. The Bertz CT molecular complexity index is 856. The lowest BCUT2D eigenvalue weighted by Gasteiger charge is -2.42. The third-order valence-electron chi connectivity index (χ3n) is 4.51. The molecule has 1 fully saturated rings. The first-order valence-electron chi connectivity index (χ1n) is 8.14. The molecule has 0 radical (unpaired) electrons. The van der Waals surface area contributed by atoms with Crippen molar-refractivity contribution in [2.24, 2.45) is 0 Å². The van der Waals surface area contributed by atoms with Crippen LogP contribution >= 0.6 is 0 Å². The van der Waals surface area contributed by atoms with Crippen molar-refractivity contribution in [3.05, 3.63) is 59.7 Å². The number of rotatable bonds is 2. The fourth-order valence-electron chi connectivity index (χ4n) is 3.10. The number of benzene rings is 2. The summed E-state index contributed by atoms with van der Waals surface area (Å²) in [5.74, 6) is -0.405. The fourth-order valence-corrected chi connectivity index (χ4v) is 3.10. The first-order chi connectivity index (χ1) is 12.5. The second-order valence-corrected chi connectivity index (χ2v) is 6.09. The summed E-state index contributed by atoms with van der Waals surface area (Å²) in [4.78, 5) is 28.8. The molecule has 3 rings (SSSR count). The molecule has 128 valence electrons. The molecule has 2 aromatic rings. The van der Waals surface area contributed by atoms with Crippen LogP contribution in [0.3, 0.4) is 0 Å². The highest BCUT2D eigenvalue weighted by Gasteiger charge is 2.43. The minimum atomic E-state index is -0.678. The van der Waals surface area contributed by atoms with E-state index in [2.05, 4.69) is 0 Å². The highest BCUT2D eigenvalue weighted by atomic mass is 16.2. The molecule has 6 nitrogen and oxygen atoms in total. The Labute approximate surface area is 151 Å². The molecule has 0 aromatic heterocycles. The van der Waals surface area contributed by atoms with E-state index in [0.29, 0.717) is 22.5 Å². The van der Waals surface area contributed by atoms with Crippen molar-refractivity contribution in [1.29, 1.82) is 10.5 Å². The van der Waals surface area contributed by atoms with E-state index in [4.69, 9.17) is 10.5 Å². The number of nitrogens with zero attached hydrogens (tertiary/aromatic N) is 4. The van der Waals surface area contributed by atoms with E-state index in [1.165, 1.54) is 9.80 Å². The van der Waals surface area contributed by atoms with E-state index in [0.717, 1.165) is 0 Å². The molecule has 1 aliphatic heterocycles. The van der Waals surface area contributed by atoms with Crippen LogP contribution < -0.4 is 9.80 Å². The summed E-state index contributed by atoms with van der Waals surface area (Å²) in [5, 5.41) is 17.8. The number of hydrogen-bond donors (Lipinski definition) is 0. The maximum atomic E-state index is 13.0. The molecule has 0 spiro atoms. The van der Waals surface area contributed by atoms with Gasteiger partial charge in [-0.3, -0.25) is 19.4 Å². The minimum absolute atomic E-state index is 0.203. The maximum Gasteiger partial charge on any atom is 0.250 e. The number of amides is 2. The Morgan fingerprint density at radius 3 is 1.27 bits per heavy atom. The largest absolute Gasteiger partial charge is 0.298 e. The molecule has 2 aromatic carbocycles. The summed E-state index contributed by atoms with van der Waals surface area (Å²) >= 11 is 0. The summed E-state index contributed by atoms with van der Waals surface area (Å²) in [7, 11) is 0. The number of anilines is 2. The lowest BCUT2D eigenvalue weighted by atomic mass is 10.0. The second-order valence-electron chi connectivity index (χ2n) is 6.09. The highest BCUT2D eigenvalue weighted by Crippen LogP contribution is 2.29. The van der Waals surface area contributed by atoms with Gasteiger partial charge < -0.3 is 0 Å². The summed E-state index contributed by atoms with van der Waals surface area (Å²) in [5.41, 5.74) is 2.15. The molecule has 0 N–H and O–H groups in total. The summed E-state index contributed by atoms with van der Waals surface area (Å²) in [6.45, 7) is 3.36. The van der Waals surface area contributed by atoms with Crippen molar-refractivity contribution in [3.63, 3.8) is 0 Å². The van der Waals surface area contributed by atoms with Gasteiger partial charge >= 0.3 is 0 Å². The van der Waals surface area contributed by atoms with Crippen LogP contribution in [0.2, 0.25) is 0 Å². The Kier molecular flexibility index (Phi) is 4.43. The molecule has 1 aliphatic rings. The number of carbonyl (C=O) groups excluding carboxylic acids is 2. The van der Waals surface area contributed by atoms with Crippen molar-refractivity contribution in [2.75, 3.05) is 9.80 Å². The van der Waals surface area contributed by atoms with Gasteiger partial charge in [0, 0.05) is 11.4 Å². The normalized spacial score (nSPS) is 19.8. The van der Waals surface area contributed by atoms with E-state index >= 15 is 0 Å². The van der Waals surface area contributed by atoms with Crippen LogP contribution in [-0.2, 0) is 9.59 Å². The summed E-state index contributed by atoms with van der Waals surface area (Å²) < 4.78 is 0. The van der Waals surface area contributed by atoms with Crippen LogP contribution in [0, 0.1) is 22.7 Å². The van der Waals surface area contributed by atoms with Crippen LogP contribution in [0.5, 0.6) is 0 Å². The van der Waals surface area contributed by atoms with Gasteiger partial charge in [0.2, 0.25) is 0 Å². The lowest BCUT2D eigenvalue weighted by molar-refractivity contribution is -0.130. The molecule has 1 saturated heterocycles. The number of hydrogen-bond acceptors (Lipinski definition) is 4. The third kappa shape index (κ3) is 2.78. The van der Waals surface area contributed by atoms with E-state index in [-0.39, 0.29) is 11.8 Å². The van der Waals surface area contributed by atoms with Crippen molar-refractivity contribution < 1.29 is 9.59 Å². The van der Waals surface area contributed by atoms with Crippen LogP contribution in [0.1, 0.15) is 25.0 Å². The van der Waals surface area contributed by atoms with Gasteiger partial charge in [-0.25, -0.2) is 0 Å². The van der Waals surface area contributed by atoms with Gasteiger partial charge in [0.05, 0.1) is 23.3 Å². The molecule has 0 aliphatic carbocycles. The molecule has 2 atom stereocenters. The molecule has 0 unspecified atom stereocenters. The topological polar surface area (TPSA) is 88.2 Å². The van der Waals surface area contributed by atoms with Crippen molar-refractivity contribution in [3.8, 4) is 12.1 Å². The molecule has 0 bridgehead atoms.